The van der Waals surface area contributed by atoms with Gasteiger partial charge in [0.15, 0.2) is 5.79 Å². The Balaban J connectivity index is 1.72. The summed E-state index contributed by atoms with van der Waals surface area (Å²) in [5, 5.41) is 8.64. The average Bonchev–Trinajstić information content (AvgIpc) is 2.85. The molecule has 5 heteroatoms. The third kappa shape index (κ3) is 5.30. The molecular formula is C17H24N2O3. The van der Waals surface area contributed by atoms with Crippen molar-refractivity contribution in [3.05, 3.63) is 29.8 Å². The van der Waals surface area contributed by atoms with E-state index < -0.39 is 5.79 Å². The maximum absolute atomic E-state index is 8.64. The summed E-state index contributed by atoms with van der Waals surface area (Å²) in [7, 11) is 0. The molecule has 1 fully saturated rings. The number of hydrogen-bond donors (Lipinski definition) is 1. The summed E-state index contributed by atoms with van der Waals surface area (Å²) in [4.78, 5) is 0. The number of ether oxygens (including phenoxy) is 3. The van der Waals surface area contributed by atoms with E-state index in [2.05, 4.69) is 0 Å². The normalized spacial score (nSPS) is 21.3. The number of nitrogens with zero attached hydrogens (tertiary/aromatic N) is 1. The molecule has 1 heterocycles. The fraction of sp³-hybridized carbons (Fsp3) is 0.588. The van der Waals surface area contributed by atoms with Gasteiger partial charge in [0, 0.05) is 0 Å². The van der Waals surface area contributed by atoms with Gasteiger partial charge in [-0.15, -0.1) is 0 Å². The summed E-state index contributed by atoms with van der Waals surface area (Å²) >= 11 is 0. The van der Waals surface area contributed by atoms with Crippen LogP contribution in [0.1, 0.15) is 32.3 Å². The second-order valence-electron chi connectivity index (χ2n) is 6.03. The molecule has 2 N–H and O–H groups in total. The van der Waals surface area contributed by atoms with Crippen molar-refractivity contribution in [3.63, 3.8) is 0 Å². The van der Waals surface area contributed by atoms with Crippen molar-refractivity contribution in [2.45, 2.75) is 51.0 Å². The fourth-order valence-corrected chi connectivity index (χ4v) is 2.38. The van der Waals surface area contributed by atoms with Gasteiger partial charge in [0.2, 0.25) is 0 Å². The Labute approximate surface area is 132 Å². The molecule has 1 aromatic rings. The summed E-state index contributed by atoms with van der Waals surface area (Å²) in [5.41, 5.74) is 6.80. The van der Waals surface area contributed by atoms with Crippen molar-refractivity contribution in [1.82, 2.24) is 0 Å². The van der Waals surface area contributed by atoms with Crippen LogP contribution in [0.5, 0.6) is 5.75 Å². The van der Waals surface area contributed by atoms with Crippen LogP contribution in [0, 0.1) is 11.3 Å². The van der Waals surface area contributed by atoms with Gasteiger partial charge in [-0.2, -0.15) is 5.26 Å². The van der Waals surface area contributed by atoms with Crippen LogP contribution in [0.15, 0.2) is 24.3 Å². The standard InChI is InChI=1S/C17H24N2O3/c1-17(2)21-12-16(22-17)11-20-15-8-6-13(7-9-15)4-3-5-14(19)10-18/h6-9,14,16H,3-5,11-12,19H2,1-2H3. The van der Waals surface area contributed by atoms with Gasteiger partial charge < -0.3 is 19.9 Å². The minimum Gasteiger partial charge on any atom is -0.491 e. The molecule has 2 atom stereocenters. The quantitative estimate of drug-likeness (QED) is 0.837. The monoisotopic (exact) mass is 304 g/mol. The van der Waals surface area contributed by atoms with Crippen LogP contribution in [-0.2, 0) is 15.9 Å². The zero-order valence-corrected chi connectivity index (χ0v) is 13.2. The highest BCUT2D eigenvalue weighted by atomic mass is 16.7. The highest BCUT2D eigenvalue weighted by molar-refractivity contribution is 5.27. The molecule has 0 saturated carbocycles. The molecule has 1 aromatic carbocycles. The Morgan fingerprint density at radius 1 is 1.41 bits per heavy atom. The molecule has 5 nitrogen and oxygen atoms in total. The van der Waals surface area contributed by atoms with Crippen molar-refractivity contribution in [1.29, 1.82) is 5.26 Å². The lowest BCUT2D eigenvalue weighted by atomic mass is 10.1. The Morgan fingerprint density at radius 2 is 2.14 bits per heavy atom. The van der Waals surface area contributed by atoms with Crippen molar-refractivity contribution in [3.8, 4) is 11.8 Å². The van der Waals surface area contributed by atoms with Gasteiger partial charge in [-0.05, 0) is 50.8 Å². The van der Waals surface area contributed by atoms with Gasteiger partial charge in [-0.1, -0.05) is 12.1 Å². The Kier molecular flexibility index (Phi) is 5.78. The highest BCUT2D eigenvalue weighted by Crippen LogP contribution is 2.23. The van der Waals surface area contributed by atoms with Gasteiger partial charge in [0.1, 0.15) is 18.5 Å². The first-order valence-corrected chi connectivity index (χ1v) is 7.67. The molecule has 0 radical (unpaired) electrons. The van der Waals surface area contributed by atoms with Crippen LogP contribution in [0.25, 0.3) is 0 Å². The van der Waals surface area contributed by atoms with Gasteiger partial charge in [-0.3, -0.25) is 0 Å². The first-order valence-electron chi connectivity index (χ1n) is 7.67. The summed E-state index contributed by atoms with van der Waals surface area (Å²) in [6.45, 7) is 4.85. The molecule has 0 amide bonds. The van der Waals surface area contributed by atoms with E-state index in [1.807, 2.05) is 44.2 Å². The van der Waals surface area contributed by atoms with E-state index >= 15 is 0 Å². The van der Waals surface area contributed by atoms with Crippen LogP contribution in [0.4, 0.5) is 0 Å². The lowest BCUT2D eigenvalue weighted by Crippen LogP contribution is -2.25. The molecule has 1 aliphatic heterocycles. The Bertz CT molecular complexity index is 508. The molecule has 1 saturated heterocycles. The number of nitrogens with two attached hydrogens (primary N) is 1. The van der Waals surface area contributed by atoms with Crippen LogP contribution in [-0.4, -0.2) is 31.1 Å². The summed E-state index contributed by atoms with van der Waals surface area (Å²) in [6, 6.07) is 9.69. The van der Waals surface area contributed by atoms with Gasteiger partial charge in [0.25, 0.3) is 0 Å². The van der Waals surface area contributed by atoms with Gasteiger partial charge in [-0.25, -0.2) is 0 Å². The number of benzene rings is 1. The van der Waals surface area contributed by atoms with Crippen molar-refractivity contribution >= 4 is 0 Å². The van der Waals surface area contributed by atoms with E-state index in [1.54, 1.807) is 0 Å². The average molecular weight is 304 g/mol. The van der Waals surface area contributed by atoms with E-state index in [4.69, 9.17) is 25.2 Å². The smallest absolute Gasteiger partial charge is 0.163 e. The molecule has 1 aliphatic rings. The predicted octanol–water partition coefficient (Wildman–Crippen LogP) is 2.39. The maximum atomic E-state index is 8.64. The Morgan fingerprint density at radius 3 is 2.73 bits per heavy atom. The van der Waals surface area contributed by atoms with Crippen LogP contribution in [0.2, 0.25) is 0 Å². The van der Waals surface area contributed by atoms with E-state index in [0.29, 0.717) is 13.2 Å². The molecule has 120 valence electrons. The van der Waals surface area contributed by atoms with Crippen LogP contribution < -0.4 is 10.5 Å². The molecule has 0 bridgehead atoms. The number of hydrogen-bond acceptors (Lipinski definition) is 5. The number of aryl methyl sites for hydroxylation is 1. The summed E-state index contributed by atoms with van der Waals surface area (Å²) in [6.07, 6.45) is 2.53. The predicted molar refractivity (Wildman–Crippen MR) is 83.4 cm³/mol. The molecular weight excluding hydrogens is 280 g/mol. The van der Waals surface area contributed by atoms with Gasteiger partial charge >= 0.3 is 0 Å². The molecule has 0 aliphatic carbocycles. The second-order valence-corrected chi connectivity index (χ2v) is 6.03. The molecule has 0 spiro atoms. The topological polar surface area (TPSA) is 77.5 Å². The summed E-state index contributed by atoms with van der Waals surface area (Å²) < 4.78 is 16.9. The summed E-state index contributed by atoms with van der Waals surface area (Å²) in [5.74, 6) is 0.313. The maximum Gasteiger partial charge on any atom is 0.163 e. The number of nitriles is 1. The fourth-order valence-electron chi connectivity index (χ4n) is 2.38. The lowest BCUT2D eigenvalue weighted by molar-refractivity contribution is -0.141. The second kappa shape index (κ2) is 7.59. The van der Waals surface area contributed by atoms with Crippen molar-refractivity contribution < 1.29 is 14.2 Å². The first-order chi connectivity index (χ1) is 10.5. The van der Waals surface area contributed by atoms with Crippen molar-refractivity contribution in [2.75, 3.05) is 13.2 Å². The van der Waals surface area contributed by atoms with E-state index in [1.165, 1.54) is 5.56 Å². The zero-order chi connectivity index (χ0) is 16.0. The zero-order valence-electron chi connectivity index (χ0n) is 13.2. The molecule has 22 heavy (non-hydrogen) atoms. The third-order valence-electron chi connectivity index (χ3n) is 3.57. The number of rotatable bonds is 7. The minimum absolute atomic E-state index is 0.0258. The van der Waals surface area contributed by atoms with Crippen molar-refractivity contribution in [2.24, 2.45) is 5.73 Å². The highest BCUT2D eigenvalue weighted by Gasteiger charge is 2.32. The first kappa shape index (κ1) is 16.8. The van der Waals surface area contributed by atoms with Crippen LogP contribution >= 0.6 is 0 Å². The van der Waals surface area contributed by atoms with E-state index in [9.17, 15) is 0 Å². The third-order valence-corrected chi connectivity index (χ3v) is 3.57. The van der Waals surface area contributed by atoms with E-state index in [0.717, 1.165) is 25.0 Å². The van der Waals surface area contributed by atoms with E-state index in [-0.39, 0.29) is 12.1 Å². The van der Waals surface area contributed by atoms with Crippen LogP contribution in [0.3, 0.4) is 0 Å². The SMILES string of the molecule is CC1(C)OCC(COc2ccc(CCCC(N)C#N)cc2)O1. The largest absolute Gasteiger partial charge is 0.491 e. The molecule has 2 unspecified atom stereocenters. The lowest BCUT2D eigenvalue weighted by Gasteiger charge is -2.17. The molecule has 0 aromatic heterocycles. The minimum atomic E-state index is -0.512. The Hall–Kier alpha value is -1.61. The van der Waals surface area contributed by atoms with Gasteiger partial charge in [0.05, 0.1) is 18.7 Å². The molecule has 2 rings (SSSR count).